The molecule has 0 saturated carbocycles. The quantitative estimate of drug-likeness (QED) is 0.837. The lowest BCUT2D eigenvalue weighted by molar-refractivity contribution is -0.117. The van der Waals surface area contributed by atoms with Crippen molar-refractivity contribution in [2.75, 3.05) is 11.9 Å². The zero-order valence-electron chi connectivity index (χ0n) is 10.8. The SMILES string of the molecule is CCCOc1cccc(NC(=O)[C@@H](N)CC)c1.Cl. The fourth-order valence-electron chi connectivity index (χ4n) is 1.30. The lowest BCUT2D eigenvalue weighted by Gasteiger charge is -2.11. The number of carbonyl (C=O) groups is 1. The Bertz CT molecular complexity index is 372. The molecule has 0 unspecified atom stereocenters. The predicted molar refractivity (Wildman–Crippen MR) is 76.4 cm³/mol. The summed E-state index contributed by atoms with van der Waals surface area (Å²) in [5.41, 5.74) is 6.35. The highest BCUT2D eigenvalue weighted by molar-refractivity contribution is 5.94. The van der Waals surface area contributed by atoms with E-state index in [1.807, 2.05) is 32.0 Å². The number of amides is 1. The zero-order chi connectivity index (χ0) is 12.7. The molecule has 1 aromatic carbocycles. The van der Waals surface area contributed by atoms with E-state index in [2.05, 4.69) is 5.32 Å². The van der Waals surface area contributed by atoms with E-state index in [9.17, 15) is 4.79 Å². The van der Waals surface area contributed by atoms with Gasteiger partial charge in [-0.05, 0) is 25.0 Å². The number of carbonyl (C=O) groups excluding carboxylic acids is 1. The number of halogens is 1. The molecule has 1 rings (SSSR count). The fourth-order valence-corrected chi connectivity index (χ4v) is 1.30. The van der Waals surface area contributed by atoms with Crippen LogP contribution >= 0.6 is 12.4 Å². The summed E-state index contributed by atoms with van der Waals surface area (Å²) < 4.78 is 5.48. The van der Waals surface area contributed by atoms with E-state index < -0.39 is 6.04 Å². The maximum Gasteiger partial charge on any atom is 0.241 e. The minimum absolute atomic E-state index is 0. The Balaban J connectivity index is 0.00000289. The van der Waals surface area contributed by atoms with Crippen molar-refractivity contribution in [2.45, 2.75) is 32.7 Å². The first-order valence-electron chi connectivity index (χ1n) is 5.96. The molecule has 0 aliphatic carbocycles. The van der Waals surface area contributed by atoms with Crippen LogP contribution in [0.15, 0.2) is 24.3 Å². The summed E-state index contributed by atoms with van der Waals surface area (Å²) in [5, 5.41) is 2.77. The van der Waals surface area contributed by atoms with Crippen molar-refractivity contribution >= 4 is 24.0 Å². The Kier molecular flexibility index (Phi) is 8.16. The molecule has 0 radical (unpaired) electrons. The number of nitrogens with two attached hydrogens (primary N) is 1. The second-order valence-corrected chi connectivity index (χ2v) is 3.88. The molecule has 0 saturated heterocycles. The Morgan fingerprint density at radius 2 is 2.17 bits per heavy atom. The van der Waals surface area contributed by atoms with Crippen molar-refractivity contribution in [3.05, 3.63) is 24.3 Å². The first-order chi connectivity index (χ1) is 8.17. The Morgan fingerprint density at radius 3 is 2.78 bits per heavy atom. The van der Waals surface area contributed by atoms with Crippen LogP contribution in [0, 0.1) is 0 Å². The minimum atomic E-state index is -0.463. The van der Waals surface area contributed by atoms with Gasteiger partial charge < -0.3 is 15.8 Å². The highest BCUT2D eigenvalue weighted by atomic mass is 35.5. The highest BCUT2D eigenvalue weighted by Crippen LogP contribution is 2.17. The first kappa shape index (κ1) is 16.7. The van der Waals surface area contributed by atoms with E-state index in [-0.39, 0.29) is 18.3 Å². The van der Waals surface area contributed by atoms with Crippen LogP contribution < -0.4 is 15.8 Å². The van der Waals surface area contributed by atoms with Gasteiger partial charge in [-0.3, -0.25) is 4.79 Å². The van der Waals surface area contributed by atoms with Gasteiger partial charge >= 0.3 is 0 Å². The highest BCUT2D eigenvalue weighted by Gasteiger charge is 2.10. The fraction of sp³-hybridized carbons (Fsp3) is 0.462. The van der Waals surface area contributed by atoms with Gasteiger partial charge in [0.2, 0.25) is 5.91 Å². The molecule has 0 aliphatic rings. The lowest BCUT2D eigenvalue weighted by atomic mass is 10.2. The van der Waals surface area contributed by atoms with Crippen molar-refractivity contribution in [2.24, 2.45) is 5.73 Å². The molecule has 5 heteroatoms. The summed E-state index contributed by atoms with van der Waals surface area (Å²) in [6, 6.07) is 6.87. The molecular formula is C13H21ClN2O2. The third-order valence-corrected chi connectivity index (χ3v) is 2.35. The molecule has 0 fully saturated rings. The normalized spacial score (nSPS) is 11.3. The third kappa shape index (κ3) is 5.38. The predicted octanol–water partition coefficient (Wildman–Crippen LogP) is 2.57. The van der Waals surface area contributed by atoms with Crippen LogP contribution in [0.3, 0.4) is 0 Å². The lowest BCUT2D eigenvalue weighted by Crippen LogP contribution is -2.34. The Hall–Kier alpha value is -1.26. The molecule has 18 heavy (non-hydrogen) atoms. The largest absolute Gasteiger partial charge is 0.494 e. The smallest absolute Gasteiger partial charge is 0.241 e. The topological polar surface area (TPSA) is 64.3 Å². The van der Waals surface area contributed by atoms with Gasteiger partial charge in [0.15, 0.2) is 0 Å². The van der Waals surface area contributed by atoms with Crippen LogP contribution in [0.1, 0.15) is 26.7 Å². The second-order valence-electron chi connectivity index (χ2n) is 3.88. The molecule has 0 bridgehead atoms. The molecule has 0 aromatic heterocycles. The minimum Gasteiger partial charge on any atom is -0.494 e. The van der Waals surface area contributed by atoms with Crippen molar-refractivity contribution in [1.29, 1.82) is 0 Å². The summed E-state index contributed by atoms with van der Waals surface area (Å²) in [6.07, 6.45) is 1.58. The van der Waals surface area contributed by atoms with Crippen LogP contribution in [-0.4, -0.2) is 18.6 Å². The summed E-state index contributed by atoms with van der Waals surface area (Å²) in [6.45, 7) is 4.60. The Labute approximate surface area is 114 Å². The van der Waals surface area contributed by atoms with Gasteiger partial charge in [0.25, 0.3) is 0 Å². The van der Waals surface area contributed by atoms with Crippen molar-refractivity contribution in [3.8, 4) is 5.75 Å². The summed E-state index contributed by atoms with van der Waals surface area (Å²) in [4.78, 5) is 11.6. The zero-order valence-corrected chi connectivity index (χ0v) is 11.6. The van der Waals surface area contributed by atoms with Gasteiger partial charge in [-0.15, -0.1) is 12.4 Å². The molecule has 0 aliphatic heterocycles. The van der Waals surface area contributed by atoms with E-state index >= 15 is 0 Å². The van der Waals surface area contributed by atoms with Gasteiger partial charge in [-0.25, -0.2) is 0 Å². The number of hydrogen-bond acceptors (Lipinski definition) is 3. The maximum absolute atomic E-state index is 11.6. The van der Waals surface area contributed by atoms with Gasteiger partial charge in [0, 0.05) is 11.8 Å². The molecule has 3 N–H and O–H groups in total. The summed E-state index contributed by atoms with van der Waals surface area (Å²) in [7, 11) is 0. The first-order valence-corrected chi connectivity index (χ1v) is 5.96. The molecule has 0 spiro atoms. The number of anilines is 1. The number of rotatable bonds is 6. The van der Waals surface area contributed by atoms with E-state index in [1.165, 1.54) is 0 Å². The molecule has 1 aromatic rings. The maximum atomic E-state index is 11.6. The third-order valence-electron chi connectivity index (χ3n) is 2.35. The van der Waals surface area contributed by atoms with Crippen molar-refractivity contribution in [3.63, 3.8) is 0 Å². The van der Waals surface area contributed by atoms with Gasteiger partial charge in [-0.1, -0.05) is 19.9 Å². The average Bonchev–Trinajstić information content (AvgIpc) is 2.35. The van der Waals surface area contributed by atoms with Crippen LogP contribution in [0.25, 0.3) is 0 Å². The number of hydrogen-bond donors (Lipinski definition) is 2. The molecule has 1 amide bonds. The standard InChI is InChI=1S/C13H20N2O2.ClH/c1-3-8-17-11-7-5-6-10(9-11)15-13(16)12(14)4-2;/h5-7,9,12H,3-4,8,14H2,1-2H3,(H,15,16);1H/t12-;/m0./s1. The number of ether oxygens (including phenoxy) is 1. The summed E-state index contributed by atoms with van der Waals surface area (Å²) >= 11 is 0. The second kappa shape index (κ2) is 8.78. The molecule has 0 heterocycles. The van der Waals surface area contributed by atoms with Gasteiger partial charge in [-0.2, -0.15) is 0 Å². The number of benzene rings is 1. The Morgan fingerprint density at radius 1 is 1.44 bits per heavy atom. The van der Waals surface area contributed by atoms with E-state index in [4.69, 9.17) is 10.5 Å². The van der Waals surface area contributed by atoms with Crippen molar-refractivity contribution in [1.82, 2.24) is 0 Å². The molecule has 1 atom stereocenters. The van der Waals surface area contributed by atoms with E-state index in [0.717, 1.165) is 12.2 Å². The van der Waals surface area contributed by atoms with Gasteiger partial charge in [0.05, 0.1) is 12.6 Å². The average molecular weight is 273 g/mol. The molecule has 4 nitrogen and oxygen atoms in total. The van der Waals surface area contributed by atoms with E-state index in [1.54, 1.807) is 6.07 Å². The van der Waals surface area contributed by atoms with Crippen LogP contribution in [0.4, 0.5) is 5.69 Å². The van der Waals surface area contributed by atoms with Gasteiger partial charge in [0.1, 0.15) is 5.75 Å². The van der Waals surface area contributed by atoms with Crippen LogP contribution in [0.2, 0.25) is 0 Å². The molecule has 102 valence electrons. The van der Waals surface area contributed by atoms with Crippen molar-refractivity contribution < 1.29 is 9.53 Å². The van der Waals surface area contributed by atoms with Crippen LogP contribution in [-0.2, 0) is 4.79 Å². The molecular weight excluding hydrogens is 252 g/mol. The van der Waals surface area contributed by atoms with E-state index in [0.29, 0.717) is 18.7 Å². The summed E-state index contributed by atoms with van der Waals surface area (Å²) in [5.74, 6) is 0.592. The number of nitrogens with one attached hydrogen (secondary N) is 1. The monoisotopic (exact) mass is 272 g/mol. The van der Waals surface area contributed by atoms with Crippen LogP contribution in [0.5, 0.6) is 5.75 Å².